The van der Waals surface area contributed by atoms with Crippen LogP contribution in [0.25, 0.3) is 0 Å². The Bertz CT molecular complexity index is 984. The topological polar surface area (TPSA) is 94.8 Å². The second-order valence-corrected chi connectivity index (χ2v) is 8.45. The molecule has 148 valence electrons. The number of nitrogens with one attached hydrogen (secondary N) is 1. The van der Waals surface area contributed by atoms with E-state index < -0.39 is 0 Å². The molecule has 2 heterocycles. The molecule has 10 heteroatoms. The summed E-state index contributed by atoms with van der Waals surface area (Å²) < 4.78 is 7.94. The van der Waals surface area contributed by atoms with Gasteiger partial charge < -0.3 is 9.30 Å². The molecule has 8 nitrogen and oxygen atoms in total. The van der Waals surface area contributed by atoms with Crippen molar-refractivity contribution in [3.8, 4) is 5.75 Å². The summed E-state index contributed by atoms with van der Waals surface area (Å²) in [6, 6.07) is 5.98. The molecule has 1 unspecified atom stereocenters. The van der Waals surface area contributed by atoms with E-state index in [2.05, 4.69) is 38.7 Å². The van der Waals surface area contributed by atoms with E-state index >= 15 is 0 Å². The number of carbonyl (C=O) groups is 1. The van der Waals surface area contributed by atoms with Crippen LogP contribution in [-0.4, -0.2) is 36.6 Å². The van der Waals surface area contributed by atoms with Gasteiger partial charge in [-0.25, -0.2) is 0 Å². The van der Waals surface area contributed by atoms with E-state index in [1.807, 2.05) is 44.5 Å². The van der Waals surface area contributed by atoms with E-state index in [0.717, 1.165) is 16.3 Å². The van der Waals surface area contributed by atoms with E-state index in [0.29, 0.717) is 16.1 Å². The number of ether oxygens (including phenoxy) is 1. The van der Waals surface area contributed by atoms with Gasteiger partial charge in [0.05, 0.1) is 5.75 Å². The third kappa shape index (κ3) is 4.68. The van der Waals surface area contributed by atoms with Gasteiger partial charge in [0.1, 0.15) is 10.8 Å². The van der Waals surface area contributed by atoms with Gasteiger partial charge in [-0.2, -0.15) is 0 Å². The smallest absolute Gasteiger partial charge is 0.236 e. The van der Waals surface area contributed by atoms with Crippen LogP contribution < -0.4 is 10.1 Å². The zero-order valence-electron chi connectivity index (χ0n) is 16.4. The molecular weight excluding hydrogens is 396 g/mol. The average Bonchev–Trinajstić information content (AvgIpc) is 3.22. The third-order valence-corrected chi connectivity index (χ3v) is 5.97. The number of benzene rings is 1. The van der Waals surface area contributed by atoms with Crippen molar-refractivity contribution >= 4 is 34.1 Å². The van der Waals surface area contributed by atoms with Crippen molar-refractivity contribution in [3.05, 3.63) is 40.2 Å². The second-order valence-electron chi connectivity index (χ2n) is 6.32. The number of aromatic nitrogens is 5. The highest BCUT2D eigenvalue weighted by Crippen LogP contribution is 2.27. The van der Waals surface area contributed by atoms with Crippen LogP contribution in [-0.2, 0) is 11.8 Å². The lowest BCUT2D eigenvalue weighted by atomic mass is 10.1. The first-order valence-corrected chi connectivity index (χ1v) is 10.5. The number of aryl methyl sites for hydroxylation is 2. The molecule has 0 aliphatic heterocycles. The number of hydrogen-bond acceptors (Lipinski definition) is 8. The Kier molecular flexibility index (Phi) is 6.30. The Hall–Kier alpha value is -2.46. The first kappa shape index (κ1) is 20.3. The lowest BCUT2D eigenvalue weighted by molar-refractivity contribution is -0.113. The van der Waals surface area contributed by atoms with Gasteiger partial charge in [0, 0.05) is 7.05 Å². The maximum Gasteiger partial charge on any atom is 0.236 e. The summed E-state index contributed by atoms with van der Waals surface area (Å²) in [4.78, 5) is 12.1. The van der Waals surface area contributed by atoms with Gasteiger partial charge in [-0.15, -0.1) is 20.4 Å². The van der Waals surface area contributed by atoms with Crippen LogP contribution in [0.3, 0.4) is 0 Å². The van der Waals surface area contributed by atoms with E-state index in [-0.39, 0.29) is 17.8 Å². The first-order chi connectivity index (χ1) is 13.3. The molecule has 0 spiro atoms. The van der Waals surface area contributed by atoms with Gasteiger partial charge in [0.25, 0.3) is 0 Å². The van der Waals surface area contributed by atoms with Crippen LogP contribution in [0, 0.1) is 20.8 Å². The minimum atomic E-state index is -0.273. The summed E-state index contributed by atoms with van der Waals surface area (Å²) in [6.45, 7) is 7.86. The Labute approximate surface area is 171 Å². The summed E-state index contributed by atoms with van der Waals surface area (Å²) >= 11 is 2.65. The Morgan fingerprint density at radius 3 is 2.75 bits per heavy atom. The van der Waals surface area contributed by atoms with Gasteiger partial charge in [-0.3, -0.25) is 10.1 Å². The zero-order chi connectivity index (χ0) is 20.3. The number of hydrogen-bond donors (Lipinski definition) is 1. The summed E-state index contributed by atoms with van der Waals surface area (Å²) in [5, 5.41) is 20.9. The third-order valence-electron chi connectivity index (χ3n) is 4.20. The summed E-state index contributed by atoms with van der Waals surface area (Å²) in [7, 11) is 1.87. The first-order valence-electron chi connectivity index (χ1n) is 8.70. The Morgan fingerprint density at radius 2 is 2.04 bits per heavy atom. The molecule has 28 heavy (non-hydrogen) atoms. The van der Waals surface area contributed by atoms with Gasteiger partial charge >= 0.3 is 0 Å². The number of nitrogens with zero attached hydrogens (tertiary/aromatic N) is 5. The van der Waals surface area contributed by atoms with Crippen molar-refractivity contribution in [1.82, 2.24) is 25.0 Å². The quantitative estimate of drug-likeness (QED) is 0.587. The summed E-state index contributed by atoms with van der Waals surface area (Å²) in [5.41, 5.74) is 2.28. The molecule has 0 saturated heterocycles. The molecule has 1 aromatic carbocycles. The molecule has 1 amide bonds. The fourth-order valence-electron chi connectivity index (χ4n) is 2.53. The zero-order valence-corrected chi connectivity index (χ0v) is 18.0. The lowest BCUT2D eigenvalue weighted by Gasteiger charge is -2.16. The fraction of sp³-hybridized carbons (Fsp3) is 0.389. The number of anilines is 1. The molecule has 2 aromatic heterocycles. The van der Waals surface area contributed by atoms with Gasteiger partial charge in [0.15, 0.2) is 17.1 Å². The van der Waals surface area contributed by atoms with Gasteiger partial charge in [-0.05, 0) is 44.9 Å². The SMILES string of the molecule is Cc1nnc(NC(=O)CSc2nnc(C(C)Oc3cccc(C)c3C)n2C)s1. The molecule has 0 aliphatic carbocycles. The molecule has 3 aromatic rings. The van der Waals surface area contributed by atoms with Crippen molar-refractivity contribution < 1.29 is 9.53 Å². The van der Waals surface area contributed by atoms with Crippen molar-refractivity contribution in [2.24, 2.45) is 7.05 Å². The van der Waals surface area contributed by atoms with Gasteiger partial charge in [-0.1, -0.05) is 35.2 Å². The molecule has 1 atom stereocenters. The molecule has 0 aliphatic rings. The van der Waals surface area contributed by atoms with Crippen molar-refractivity contribution in [1.29, 1.82) is 0 Å². The van der Waals surface area contributed by atoms with Crippen LogP contribution >= 0.6 is 23.1 Å². The van der Waals surface area contributed by atoms with Crippen LogP contribution in [0.4, 0.5) is 5.13 Å². The van der Waals surface area contributed by atoms with Crippen molar-refractivity contribution in [2.45, 2.75) is 39.0 Å². The van der Waals surface area contributed by atoms with Crippen molar-refractivity contribution in [2.75, 3.05) is 11.1 Å². The molecule has 0 saturated carbocycles. The van der Waals surface area contributed by atoms with Crippen LogP contribution in [0.1, 0.15) is 35.0 Å². The highest BCUT2D eigenvalue weighted by atomic mass is 32.2. The molecule has 0 fully saturated rings. The fourth-order valence-corrected chi connectivity index (χ4v) is 3.86. The number of carbonyl (C=O) groups excluding carboxylic acids is 1. The van der Waals surface area contributed by atoms with E-state index in [4.69, 9.17) is 4.74 Å². The number of rotatable bonds is 7. The monoisotopic (exact) mass is 418 g/mol. The standard InChI is InChI=1S/C18H22N6O2S2/c1-10-7-6-8-14(11(10)2)26-12(3)16-21-23-18(24(16)5)27-9-15(25)19-17-22-20-13(4)28-17/h6-8,12H,9H2,1-5H3,(H,19,22,25). The minimum Gasteiger partial charge on any atom is -0.482 e. The molecular formula is C18H22N6O2S2. The maximum absolute atomic E-state index is 12.1. The molecule has 0 radical (unpaired) electrons. The lowest BCUT2D eigenvalue weighted by Crippen LogP contribution is -2.14. The predicted octanol–water partition coefficient (Wildman–Crippen LogP) is 3.46. The van der Waals surface area contributed by atoms with E-state index in [1.54, 1.807) is 0 Å². The van der Waals surface area contributed by atoms with Crippen LogP contribution in [0.2, 0.25) is 0 Å². The largest absolute Gasteiger partial charge is 0.482 e. The van der Waals surface area contributed by atoms with Gasteiger partial charge in [0.2, 0.25) is 11.0 Å². The van der Waals surface area contributed by atoms with E-state index in [9.17, 15) is 4.79 Å². The van der Waals surface area contributed by atoms with Crippen LogP contribution in [0.15, 0.2) is 23.4 Å². The highest BCUT2D eigenvalue weighted by Gasteiger charge is 2.19. The molecule has 0 bridgehead atoms. The normalized spacial score (nSPS) is 12.0. The number of thioether (sulfide) groups is 1. The number of amides is 1. The molecule has 1 N–H and O–H groups in total. The Morgan fingerprint density at radius 1 is 1.25 bits per heavy atom. The highest BCUT2D eigenvalue weighted by molar-refractivity contribution is 7.99. The van der Waals surface area contributed by atoms with Crippen LogP contribution in [0.5, 0.6) is 5.75 Å². The van der Waals surface area contributed by atoms with Crippen molar-refractivity contribution in [3.63, 3.8) is 0 Å². The second kappa shape index (κ2) is 8.70. The average molecular weight is 419 g/mol. The predicted molar refractivity (Wildman–Crippen MR) is 110 cm³/mol. The molecule has 3 rings (SSSR count). The summed E-state index contributed by atoms with van der Waals surface area (Å²) in [6.07, 6.45) is -0.273. The minimum absolute atomic E-state index is 0.162. The van der Waals surface area contributed by atoms with E-state index in [1.165, 1.54) is 28.7 Å². The Balaban J connectivity index is 1.61. The summed E-state index contributed by atoms with van der Waals surface area (Å²) in [5.74, 6) is 1.57. The maximum atomic E-state index is 12.1.